The second kappa shape index (κ2) is 13.6. The Morgan fingerprint density at radius 3 is 2.19 bits per heavy atom. The maximum atomic E-state index is 12.5. The third-order valence-electron chi connectivity index (χ3n) is 6.40. The molecule has 1 N–H and O–H groups in total. The maximum Gasteiger partial charge on any atom is 0.307 e. The molecular weight excluding hydrogens is 632 g/mol. The third kappa shape index (κ3) is 7.56. The molecule has 0 atom stereocenters. The molecule has 5 rings (SSSR count). The van der Waals surface area contributed by atoms with E-state index in [4.69, 9.17) is 60.3 Å². The van der Waals surface area contributed by atoms with Crippen molar-refractivity contribution in [2.75, 3.05) is 0 Å². The Morgan fingerprint density at radius 2 is 1.51 bits per heavy atom. The summed E-state index contributed by atoms with van der Waals surface area (Å²) in [5, 5.41) is 5.42. The van der Waals surface area contributed by atoms with E-state index in [9.17, 15) is 4.79 Å². The van der Waals surface area contributed by atoms with Crippen LogP contribution in [0.2, 0.25) is 20.1 Å². The minimum Gasteiger partial charge on any atom is -0.486 e. The number of halogens is 4. The summed E-state index contributed by atoms with van der Waals surface area (Å²) in [7, 11) is 0. The van der Waals surface area contributed by atoms with Gasteiger partial charge in [-0.25, -0.2) is 5.43 Å². The summed E-state index contributed by atoms with van der Waals surface area (Å²) in [5.74, 6) is 1.05. The predicted molar refractivity (Wildman–Crippen MR) is 171 cm³/mol. The van der Waals surface area contributed by atoms with Crippen molar-refractivity contribution in [1.82, 2.24) is 9.99 Å². The van der Waals surface area contributed by atoms with Crippen molar-refractivity contribution in [3.63, 3.8) is 0 Å². The predicted octanol–water partition coefficient (Wildman–Crippen LogP) is 9.22. The third-order valence-corrected chi connectivity index (χ3v) is 7.70. The Hall–Kier alpha value is -3.88. The number of carbonyl (C=O) groups excluding carboxylic acids is 1. The van der Waals surface area contributed by atoms with Crippen LogP contribution >= 0.6 is 46.4 Å². The van der Waals surface area contributed by atoms with Crippen molar-refractivity contribution in [1.29, 1.82) is 0 Å². The SMILES string of the molecule is Cc1ccc(C)n1-c1ccc(OCc2ccc(C(=O)N/N=C/c3cc(Cl)c(OCc4ccc(Cl)c(Cl)c4)c(Cl)c3)o2)cc1. The second-order valence-corrected chi connectivity index (χ2v) is 11.2. The first kappa shape index (κ1) is 30.6. The zero-order valence-corrected chi connectivity index (χ0v) is 26.1. The van der Waals surface area contributed by atoms with Crippen LogP contribution in [0, 0.1) is 13.8 Å². The van der Waals surface area contributed by atoms with E-state index in [1.54, 1.807) is 42.5 Å². The normalized spacial score (nSPS) is 11.2. The molecule has 0 unspecified atom stereocenters. The molecule has 11 heteroatoms. The van der Waals surface area contributed by atoms with Gasteiger partial charge < -0.3 is 18.5 Å². The van der Waals surface area contributed by atoms with E-state index in [1.807, 2.05) is 24.3 Å². The summed E-state index contributed by atoms with van der Waals surface area (Å²) < 4.78 is 19.4. The van der Waals surface area contributed by atoms with Gasteiger partial charge in [-0.2, -0.15) is 5.10 Å². The summed E-state index contributed by atoms with van der Waals surface area (Å²) >= 11 is 24.8. The summed E-state index contributed by atoms with van der Waals surface area (Å²) in [6.07, 6.45) is 1.41. The van der Waals surface area contributed by atoms with Gasteiger partial charge in [0.15, 0.2) is 11.5 Å². The van der Waals surface area contributed by atoms with Crippen LogP contribution in [-0.4, -0.2) is 16.7 Å². The molecule has 7 nitrogen and oxygen atoms in total. The minimum atomic E-state index is -0.525. The number of carbonyl (C=O) groups is 1. The van der Waals surface area contributed by atoms with Crippen LogP contribution in [0.1, 0.15) is 38.8 Å². The molecule has 0 bridgehead atoms. The number of aryl methyl sites for hydroxylation is 2. The molecule has 220 valence electrons. The smallest absolute Gasteiger partial charge is 0.307 e. The molecule has 3 aromatic carbocycles. The number of nitrogens with zero attached hydrogens (tertiary/aromatic N) is 2. The molecule has 0 fully saturated rings. The van der Waals surface area contributed by atoms with E-state index in [2.05, 4.69) is 41.1 Å². The molecule has 1 amide bonds. The monoisotopic (exact) mass is 655 g/mol. The first-order valence-corrected chi connectivity index (χ1v) is 14.5. The average molecular weight is 657 g/mol. The fourth-order valence-corrected chi connectivity index (χ4v) is 5.23. The topological polar surface area (TPSA) is 78.0 Å². The number of benzene rings is 3. The Kier molecular flexibility index (Phi) is 9.68. The van der Waals surface area contributed by atoms with E-state index in [-0.39, 0.29) is 29.0 Å². The van der Waals surface area contributed by atoms with E-state index in [0.717, 1.165) is 22.6 Å². The number of amides is 1. The molecule has 0 aliphatic heterocycles. The lowest BCUT2D eigenvalue weighted by molar-refractivity contribution is 0.0923. The summed E-state index contributed by atoms with van der Waals surface area (Å²) in [5.41, 5.74) is 7.15. The van der Waals surface area contributed by atoms with Gasteiger partial charge >= 0.3 is 5.91 Å². The van der Waals surface area contributed by atoms with Gasteiger partial charge in [0.25, 0.3) is 0 Å². The van der Waals surface area contributed by atoms with Gasteiger partial charge in [-0.05, 0) is 97.8 Å². The minimum absolute atomic E-state index is 0.0896. The Balaban J connectivity index is 1.13. The van der Waals surface area contributed by atoms with Crippen LogP contribution in [0.3, 0.4) is 0 Å². The van der Waals surface area contributed by atoms with Gasteiger partial charge in [0.05, 0.1) is 26.3 Å². The number of furan rings is 1. The van der Waals surface area contributed by atoms with E-state index < -0.39 is 5.91 Å². The van der Waals surface area contributed by atoms with Gasteiger partial charge in [0.2, 0.25) is 0 Å². The zero-order chi connectivity index (χ0) is 30.5. The van der Waals surface area contributed by atoms with Gasteiger partial charge in [0.1, 0.15) is 24.7 Å². The van der Waals surface area contributed by atoms with E-state index >= 15 is 0 Å². The van der Waals surface area contributed by atoms with Gasteiger partial charge in [-0.3, -0.25) is 4.79 Å². The number of ether oxygens (including phenoxy) is 2. The molecule has 0 aliphatic rings. The molecule has 5 aromatic rings. The van der Waals surface area contributed by atoms with Gasteiger partial charge in [0, 0.05) is 17.1 Å². The lowest BCUT2D eigenvalue weighted by Gasteiger charge is -2.11. The van der Waals surface area contributed by atoms with Gasteiger partial charge in [-0.1, -0.05) is 52.5 Å². The molecule has 0 aliphatic carbocycles. The highest BCUT2D eigenvalue weighted by molar-refractivity contribution is 6.42. The fraction of sp³-hybridized carbons (Fsp3) is 0.125. The highest BCUT2D eigenvalue weighted by atomic mass is 35.5. The van der Waals surface area contributed by atoms with Crippen molar-refractivity contribution in [3.05, 3.63) is 133 Å². The number of nitrogens with one attached hydrogen (secondary N) is 1. The van der Waals surface area contributed by atoms with Crippen LogP contribution in [0.25, 0.3) is 5.69 Å². The molecule has 2 heterocycles. The van der Waals surface area contributed by atoms with Crippen LogP contribution < -0.4 is 14.9 Å². The van der Waals surface area contributed by atoms with Crippen LogP contribution in [-0.2, 0) is 13.2 Å². The summed E-state index contributed by atoms with van der Waals surface area (Å²) in [6, 6.07) is 23.6. The molecule has 0 radical (unpaired) electrons. The molecule has 2 aromatic heterocycles. The van der Waals surface area contributed by atoms with Crippen molar-refractivity contribution < 1.29 is 18.7 Å². The zero-order valence-electron chi connectivity index (χ0n) is 23.0. The Bertz CT molecular complexity index is 1750. The van der Waals surface area contributed by atoms with Crippen LogP contribution in [0.4, 0.5) is 0 Å². The number of hydrogen-bond donors (Lipinski definition) is 1. The molecular formula is C32H25Cl4N3O4. The standard InChI is InChI=1S/C32H25Cl4N3O4/c1-19-3-4-20(2)39(19)23-6-8-24(9-7-23)41-18-25-10-12-30(43-25)32(40)38-37-16-22-14-28(35)31(29(36)15-22)42-17-21-5-11-26(33)27(34)13-21/h3-16H,17-18H2,1-2H3,(H,38,40)/b37-16+. The highest BCUT2D eigenvalue weighted by Gasteiger charge is 2.13. The highest BCUT2D eigenvalue weighted by Crippen LogP contribution is 2.35. The largest absolute Gasteiger partial charge is 0.486 e. The summed E-state index contributed by atoms with van der Waals surface area (Å²) in [4.78, 5) is 12.5. The first-order chi connectivity index (χ1) is 20.7. The second-order valence-electron chi connectivity index (χ2n) is 9.55. The van der Waals surface area contributed by atoms with Gasteiger partial charge in [-0.15, -0.1) is 0 Å². The maximum absolute atomic E-state index is 12.5. The van der Waals surface area contributed by atoms with Crippen molar-refractivity contribution in [2.45, 2.75) is 27.1 Å². The molecule has 0 saturated carbocycles. The fourth-order valence-electron chi connectivity index (χ4n) is 4.30. The Labute approximate surface area is 268 Å². The van der Waals surface area contributed by atoms with Crippen LogP contribution in [0.5, 0.6) is 11.5 Å². The lowest BCUT2D eigenvalue weighted by Crippen LogP contribution is -2.16. The number of rotatable bonds is 10. The number of hydrazone groups is 1. The van der Waals surface area contributed by atoms with E-state index in [1.165, 1.54) is 6.21 Å². The van der Waals surface area contributed by atoms with E-state index in [0.29, 0.717) is 32.9 Å². The lowest BCUT2D eigenvalue weighted by atomic mass is 10.2. The van der Waals surface area contributed by atoms with Crippen molar-refractivity contribution in [2.24, 2.45) is 5.10 Å². The number of hydrogen-bond acceptors (Lipinski definition) is 5. The molecule has 0 spiro atoms. The summed E-state index contributed by atoms with van der Waals surface area (Å²) in [6.45, 7) is 4.48. The van der Waals surface area contributed by atoms with Crippen molar-refractivity contribution >= 4 is 58.5 Å². The average Bonchev–Trinajstić information content (AvgIpc) is 3.59. The quantitative estimate of drug-likeness (QED) is 0.120. The first-order valence-electron chi connectivity index (χ1n) is 13.0. The molecule has 43 heavy (non-hydrogen) atoms. The molecule has 0 saturated heterocycles. The number of aromatic nitrogens is 1. The van der Waals surface area contributed by atoms with Crippen molar-refractivity contribution in [3.8, 4) is 17.2 Å². The van der Waals surface area contributed by atoms with Crippen LogP contribution in [0.15, 0.2) is 88.4 Å². The Morgan fingerprint density at radius 1 is 0.814 bits per heavy atom.